The van der Waals surface area contributed by atoms with Crippen LogP contribution in [0.2, 0.25) is 5.02 Å². The lowest BCUT2D eigenvalue weighted by Gasteiger charge is -2.46. The van der Waals surface area contributed by atoms with Crippen LogP contribution in [0.3, 0.4) is 0 Å². The molecule has 1 aromatic rings. The van der Waals surface area contributed by atoms with E-state index in [-0.39, 0.29) is 11.4 Å². The van der Waals surface area contributed by atoms with Gasteiger partial charge in [0.2, 0.25) is 0 Å². The third kappa shape index (κ3) is 3.77. The second-order valence-electron chi connectivity index (χ2n) is 6.21. The van der Waals surface area contributed by atoms with Crippen molar-refractivity contribution in [3.63, 3.8) is 0 Å². The lowest BCUT2D eigenvalue weighted by Crippen LogP contribution is -2.56. The molecule has 1 aliphatic heterocycles. The van der Waals surface area contributed by atoms with Gasteiger partial charge in [-0.05, 0) is 63.0 Å². The maximum absolute atomic E-state index is 13.4. The van der Waals surface area contributed by atoms with Crippen LogP contribution in [-0.4, -0.2) is 34.7 Å². The molecule has 1 aliphatic rings. The summed E-state index contributed by atoms with van der Waals surface area (Å²) in [5.41, 5.74) is 0.400. The Morgan fingerprint density at radius 1 is 1.33 bits per heavy atom. The molecule has 1 saturated heterocycles. The van der Waals surface area contributed by atoms with Crippen molar-refractivity contribution < 1.29 is 9.50 Å². The van der Waals surface area contributed by atoms with Gasteiger partial charge in [0.05, 0.1) is 6.10 Å². The summed E-state index contributed by atoms with van der Waals surface area (Å²) in [6, 6.07) is 4.34. The standard InChI is InChI=1S/C17H25ClFNO/c1-3-17(2,20-9-5-4-6-10-20)16(21)12-13-11-14(19)7-8-15(13)18/h7-8,11,16,21H,3-6,9-10,12H2,1-2H3. The van der Waals surface area contributed by atoms with Gasteiger partial charge in [0.25, 0.3) is 0 Å². The zero-order valence-electron chi connectivity index (χ0n) is 12.9. The average molecular weight is 314 g/mol. The molecule has 0 aromatic heterocycles. The molecule has 1 fully saturated rings. The molecule has 1 N–H and O–H groups in total. The Bertz CT molecular complexity index is 476. The summed E-state index contributed by atoms with van der Waals surface area (Å²) < 4.78 is 13.4. The van der Waals surface area contributed by atoms with Gasteiger partial charge in [0, 0.05) is 17.0 Å². The third-order valence-corrected chi connectivity index (χ3v) is 5.30. The molecule has 4 heteroatoms. The smallest absolute Gasteiger partial charge is 0.123 e. The minimum atomic E-state index is -0.556. The maximum Gasteiger partial charge on any atom is 0.123 e. The van der Waals surface area contributed by atoms with Crippen LogP contribution < -0.4 is 0 Å². The highest BCUT2D eigenvalue weighted by Crippen LogP contribution is 2.30. The summed E-state index contributed by atoms with van der Waals surface area (Å²) in [6.45, 7) is 6.26. The van der Waals surface area contributed by atoms with Gasteiger partial charge in [-0.1, -0.05) is 24.9 Å². The SMILES string of the molecule is CCC(C)(C(O)Cc1cc(F)ccc1Cl)N1CCCCC1. The summed E-state index contributed by atoms with van der Waals surface area (Å²) in [5, 5.41) is 11.3. The molecule has 2 unspecified atom stereocenters. The number of aliphatic hydroxyl groups is 1. The minimum absolute atomic E-state index is 0.282. The number of nitrogens with zero attached hydrogens (tertiary/aromatic N) is 1. The number of likely N-dealkylation sites (tertiary alicyclic amines) is 1. The van der Waals surface area contributed by atoms with Gasteiger partial charge in [-0.15, -0.1) is 0 Å². The molecular formula is C17H25ClFNO. The highest BCUT2D eigenvalue weighted by molar-refractivity contribution is 6.31. The zero-order valence-corrected chi connectivity index (χ0v) is 13.7. The van der Waals surface area contributed by atoms with Crippen LogP contribution in [0.25, 0.3) is 0 Å². The fourth-order valence-electron chi connectivity index (χ4n) is 3.20. The van der Waals surface area contributed by atoms with Crippen molar-refractivity contribution in [3.05, 3.63) is 34.6 Å². The number of aliphatic hydroxyl groups excluding tert-OH is 1. The molecule has 1 aromatic carbocycles. The van der Waals surface area contributed by atoms with Crippen molar-refractivity contribution in [2.45, 2.75) is 57.6 Å². The normalized spacial score (nSPS) is 21.0. The van der Waals surface area contributed by atoms with E-state index < -0.39 is 6.10 Å². The number of hydrogen-bond donors (Lipinski definition) is 1. The van der Waals surface area contributed by atoms with Crippen LogP contribution in [0.1, 0.15) is 45.1 Å². The van der Waals surface area contributed by atoms with Gasteiger partial charge >= 0.3 is 0 Å². The fourth-order valence-corrected chi connectivity index (χ4v) is 3.40. The molecule has 0 bridgehead atoms. The molecule has 2 atom stereocenters. The highest BCUT2D eigenvalue weighted by atomic mass is 35.5. The molecule has 0 saturated carbocycles. The quantitative estimate of drug-likeness (QED) is 0.887. The van der Waals surface area contributed by atoms with Crippen LogP contribution in [0.4, 0.5) is 4.39 Å². The number of rotatable bonds is 5. The van der Waals surface area contributed by atoms with E-state index in [0.29, 0.717) is 17.0 Å². The zero-order chi connectivity index (χ0) is 15.5. The van der Waals surface area contributed by atoms with Crippen LogP contribution in [-0.2, 0) is 6.42 Å². The lowest BCUT2D eigenvalue weighted by molar-refractivity contribution is -0.0328. The van der Waals surface area contributed by atoms with Gasteiger partial charge in [-0.3, -0.25) is 4.90 Å². The van der Waals surface area contributed by atoms with E-state index in [0.717, 1.165) is 19.5 Å². The van der Waals surface area contributed by atoms with Crippen LogP contribution in [0.5, 0.6) is 0 Å². The number of piperidine rings is 1. The molecule has 0 amide bonds. The van der Waals surface area contributed by atoms with Crippen molar-refractivity contribution in [1.29, 1.82) is 0 Å². The molecule has 2 nitrogen and oxygen atoms in total. The number of hydrogen-bond acceptors (Lipinski definition) is 2. The van der Waals surface area contributed by atoms with Crippen LogP contribution in [0, 0.1) is 5.82 Å². The Kier molecular flexibility index (Phi) is 5.64. The van der Waals surface area contributed by atoms with Gasteiger partial charge in [-0.25, -0.2) is 4.39 Å². The van der Waals surface area contributed by atoms with E-state index in [9.17, 15) is 9.50 Å². The molecule has 0 spiro atoms. The average Bonchev–Trinajstić information content (AvgIpc) is 2.51. The summed E-state index contributed by atoms with van der Waals surface area (Å²) in [4.78, 5) is 2.38. The Morgan fingerprint density at radius 3 is 2.62 bits per heavy atom. The molecule has 2 rings (SSSR count). The Hall–Kier alpha value is -0.640. The molecular weight excluding hydrogens is 289 g/mol. The topological polar surface area (TPSA) is 23.5 Å². The number of halogens is 2. The van der Waals surface area contributed by atoms with Crippen molar-refractivity contribution in [1.82, 2.24) is 4.90 Å². The maximum atomic E-state index is 13.4. The first-order chi connectivity index (χ1) is 9.97. The van der Waals surface area contributed by atoms with Crippen molar-refractivity contribution >= 4 is 11.6 Å². The van der Waals surface area contributed by atoms with E-state index in [1.807, 2.05) is 0 Å². The summed E-state index contributed by atoms with van der Waals surface area (Å²) in [7, 11) is 0. The van der Waals surface area contributed by atoms with Crippen molar-refractivity contribution in [2.75, 3.05) is 13.1 Å². The van der Waals surface area contributed by atoms with E-state index in [1.165, 1.54) is 31.4 Å². The van der Waals surface area contributed by atoms with E-state index in [1.54, 1.807) is 6.07 Å². The lowest BCUT2D eigenvalue weighted by atomic mass is 9.84. The molecule has 1 heterocycles. The predicted octanol–water partition coefficient (Wildman–Crippen LogP) is 4.04. The van der Waals surface area contributed by atoms with Crippen molar-refractivity contribution in [2.24, 2.45) is 0 Å². The monoisotopic (exact) mass is 313 g/mol. The van der Waals surface area contributed by atoms with E-state index >= 15 is 0 Å². The van der Waals surface area contributed by atoms with E-state index in [2.05, 4.69) is 18.7 Å². The van der Waals surface area contributed by atoms with Gasteiger partial charge in [0.15, 0.2) is 0 Å². The first kappa shape index (κ1) is 16.7. The predicted molar refractivity (Wildman–Crippen MR) is 85.2 cm³/mol. The summed E-state index contributed by atoms with van der Waals surface area (Å²) >= 11 is 6.13. The Balaban J connectivity index is 2.15. The Labute approximate surface area is 131 Å². The molecule has 118 valence electrons. The largest absolute Gasteiger partial charge is 0.391 e. The molecule has 0 aliphatic carbocycles. The van der Waals surface area contributed by atoms with Gasteiger partial charge in [0.1, 0.15) is 5.82 Å². The minimum Gasteiger partial charge on any atom is -0.391 e. The van der Waals surface area contributed by atoms with Crippen LogP contribution >= 0.6 is 11.6 Å². The van der Waals surface area contributed by atoms with Crippen LogP contribution in [0.15, 0.2) is 18.2 Å². The second kappa shape index (κ2) is 7.08. The molecule has 21 heavy (non-hydrogen) atoms. The number of benzene rings is 1. The highest BCUT2D eigenvalue weighted by Gasteiger charge is 2.37. The molecule has 0 radical (unpaired) electrons. The first-order valence-electron chi connectivity index (χ1n) is 7.84. The van der Waals surface area contributed by atoms with Gasteiger partial charge < -0.3 is 5.11 Å². The summed E-state index contributed by atoms with van der Waals surface area (Å²) in [5.74, 6) is -0.308. The Morgan fingerprint density at radius 2 is 2.00 bits per heavy atom. The van der Waals surface area contributed by atoms with Crippen molar-refractivity contribution in [3.8, 4) is 0 Å². The fraction of sp³-hybridized carbons (Fsp3) is 0.647. The van der Waals surface area contributed by atoms with Gasteiger partial charge in [-0.2, -0.15) is 0 Å². The third-order valence-electron chi connectivity index (χ3n) is 4.93. The first-order valence-corrected chi connectivity index (χ1v) is 8.22. The van der Waals surface area contributed by atoms with E-state index in [4.69, 9.17) is 11.6 Å². The summed E-state index contributed by atoms with van der Waals surface area (Å²) in [6.07, 6.45) is 4.33. The second-order valence-corrected chi connectivity index (χ2v) is 6.62.